The Labute approximate surface area is 128 Å². The number of furan rings is 1. The summed E-state index contributed by atoms with van der Waals surface area (Å²) in [5.41, 5.74) is 0. The molecule has 0 aliphatic rings. The molecule has 0 fully saturated rings. The van der Waals surface area contributed by atoms with E-state index in [0.717, 1.165) is 0 Å². The zero-order valence-corrected chi connectivity index (χ0v) is 14.3. The van der Waals surface area contributed by atoms with Crippen LogP contribution >= 0.6 is 15.9 Å². The SMILES string of the molecule is CNCc1cc(S(=O)(=O)NCCOCC(C)C)c(Br)o1. The predicted molar refractivity (Wildman–Crippen MR) is 80.0 cm³/mol. The molecule has 0 aliphatic heterocycles. The van der Waals surface area contributed by atoms with Crippen molar-refractivity contribution in [2.45, 2.75) is 25.3 Å². The van der Waals surface area contributed by atoms with E-state index in [0.29, 0.717) is 31.4 Å². The minimum atomic E-state index is -3.59. The maximum absolute atomic E-state index is 12.1. The molecule has 0 saturated carbocycles. The highest BCUT2D eigenvalue weighted by Gasteiger charge is 2.21. The van der Waals surface area contributed by atoms with E-state index in [2.05, 4.69) is 26.0 Å². The Bertz CT molecular complexity index is 514. The van der Waals surface area contributed by atoms with Gasteiger partial charge >= 0.3 is 0 Å². The highest BCUT2D eigenvalue weighted by molar-refractivity contribution is 9.10. The van der Waals surface area contributed by atoms with E-state index < -0.39 is 10.0 Å². The maximum atomic E-state index is 12.1. The van der Waals surface area contributed by atoms with Crippen LogP contribution in [0.3, 0.4) is 0 Å². The Hall–Kier alpha value is -0.410. The summed E-state index contributed by atoms with van der Waals surface area (Å²) in [6.07, 6.45) is 0. The van der Waals surface area contributed by atoms with Gasteiger partial charge in [-0.3, -0.25) is 0 Å². The van der Waals surface area contributed by atoms with Gasteiger partial charge < -0.3 is 14.5 Å². The number of hydrogen-bond acceptors (Lipinski definition) is 5. The van der Waals surface area contributed by atoms with Crippen molar-refractivity contribution < 1.29 is 17.6 Å². The van der Waals surface area contributed by atoms with E-state index >= 15 is 0 Å². The molecule has 0 spiro atoms. The van der Waals surface area contributed by atoms with Gasteiger partial charge in [0.05, 0.1) is 13.2 Å². The van der Waals surface area contributed by atoms with E-state index in [-0.39, 0.29) is 16.1 Å². The summed E-state index contributed by atoms with van der Waals surface area (Å²) in [6, 6.07) is 1.50. The van der Waals surface area contributed by atoms with Gasteiger partial charge in [-0.25, -0.2) is 13.1 Å². The van der Waals surface area contributed by atoms with Crippen molar-refractivity contribution in [3.8, 4) is 0 Å². The van der Waals surface area contributed by atoms with Crippen LogP contribution in [0, 0.1) is 5.92 Å². The van der Waals surface area contributed by atoms with Gasteiger partial charge in [0.15, 0.2) is 4.67 Å². The predicted octanol–water partition coefficient (Wildman–Crippen LogP) is 1.71. The molecule has 0 bridgehead atoms. The topological polar surface area (TPSA) is 80.6 Å². The minimum Gasteiger partial charge on any atom is -0.452 e. The van der Waals surface area contributed by atoms with Gasteiger partial charge in [-0.1, -0.05) is 13.8 Å². The summed E-state index contributed by atoms with van der Waals surface area (Å²) >= 11 is 3.12. The van der Waals surface area contributed by atoms with E-state index in [1.165, 1.54) is 6.07 Å². The number of hydrogen-bond donors (Lipinski definition) is 2. The van der Waals surface area contributed by atoms with E-state index in [1.807, 2.05) is 13.8 Å². The zero-order chi connectivity index (χ0) is 15.2. The average Bonchev–Trinajstić information content (AvgIpc) is 2.70. The molecule has 116 valence electrons. The molecule has 1 rings (SSSR count). The standard InChI is InChI=1S/C12H21BrN2O4S/c1-9(2)8-18-5-4-15-20(16,17)11-6-10(7-14-3)19-12(11)13/h6,9,14-15H,4-5,7-8H2,1-3H3. The molecule has 0 unspecified atom stereocenters. The van der Waals surface area contributed by atoms with Gasteiger partial charge in [-0.2, -0.15) is 0 Å². The summed E-state index contributed by atoms with van der Waals surface area (Å²) in [6.45, 7) is 5.73. The first-order chi connectivity index (χ1) is 9.36. The van der Waals surface area contributed by atoms with Crippen molar-refractivity contribution >= 4 is 26.0 Å². The smallest absolute Gasteiger partial charge is 0.245 e. The molecule has 0 atom stereocenters. The largest absolute Gasteiger partial charge is 0.452 e. The lowest BCUT2D eigenvalue weighted by atomic mass is 10.2. The fourth-order valence-corrected chi connectivity index (χ4v) is 3.50. The van der Waals surface area contributed by atoms with Gasteiger partial charge in [0.1, 0.15) is 10.7 Å². The Morgan fingerprint density at radius 3 is 2.75 bits per heavy atom. The summed E-state index contributed by atoms with van der Waals surface area (Å²) in [5.74, 6) is 0.981. The lowest BCUT2D eigenvalue weighted by Crippen LogP contribution is -2.27. The van der Waals surface area contributed by atoms with Crippen LogP contribution in [0.2, 0.25) is 0 Å². The lowest BCUT2D eigenvalue weighted by Gasteiger charge is -2.08. The molecule has 0 amide bonds. The Balaban J connectivity index is 2.55. The highest BCUT2D eigenvalue weighted by atomic mass is 79.9. The van der Waals surface area contributed by atoms with Crippen LogP contribution < -0.4 is 10.0 Å². The van der Waals surface area contributed by atoms with E-state index in [9.17, 15) is 8.42 Å². The Morgan fingerprint density at radius 2 is 2.15 bits per heavy atom. The monoisotopic (exact) mass is 368 g/mol. The van der Waals surface area contributed by atoms with E-state index in [4.69, 9.17) is 9.15 Å². The number of rotatable bonds is 9. The number of sulfonamides is 1. The van der Waals surface area contributed by atoms with Gasteiger partial charge in [-0.15, -0.1) is 0 Å². The Kier molecular flexibility index (Phi) is 7.18. The molecule has 1 heterocycles. The summed E-state index contributed by atoms with van der Waals surface area (Å²) in [4.78, 5) is 0.103. The van der Waals surface area contributed by atoms with Crippen LogP contribution in [0.4, 0.5) is 0 Å². The first kappa shape index (κ1) is 17.6. The zero-order valence-electron chi connectivity index (χ0n) is 11.9. The van der Waals surface area contributed by atoms with Crippen LogP contribution in [0.15, 0.2) is 20.0 Å². The molecule has 6 nitrogen and oxygen atoms in total. The van der Waals surface area contributed by atoms with Crippen LogP contribution in [0.1, 0.15) is 19.6 Å². The van der Waals surface area contributed by atoms with Crippen molar-refractivity contribution in [2.24, 2.45) is 5.92 Å². The molecule has 0 saturated heterocycles. The lowest BCUT2D eigenvalue weighted by molar-refractivity contribution is 0.114. The summed E-state index contributed by atoms with van der Waals surface area (Å²) < 4.78 is 37.5. The first-order valence-corrected chi connectivity index (χ1v) is 8.64. The first-order valence-electron chi connectivity index (χ1n) is 6.37. The molecule has 0 aromatic carbocycles. The third kappa shape index (κ3) is 5.53. The highest BCUT2D eigenvalue weighted by Crippen LogP contribution is 2.25. The van der Waals surface area contributed by atoms with Crippen molar-refractivity contribution in [1.82, 2.24) is 10.0 Å². The second-order valence-corrected chi connectivity index (χ2v) is 7.20. The summed E-state index contributed by atoms with van der Waals surface area (Å²) in [7, 11) is -1.83. The third-order valence-corrected chi connectivity index (χ3v) is 4.65. The molecule has 0 aliphatic carbocycles. The quantitative estimate of drug-likeness (QED) is 0.648. The third-order valence-electron chi connectivity index (χ3n) is 2.34. The molecule has 1 aromatic rings. The van der Waals surface area contributed by atoms with Crippen molar-refractivity contribution in [2.75, 3.05) is 26.8 Å². The maximum Gasteiger partial charge on any atom is 0.245 e. The number of ether oxygens (including phenoxy) is 1. The number of nitrogens with one attached hydrogen (secondary N) is 2. The van der Waals surface area contributed by atoms with Crippen molar-refractivity contribution in [3.05, 3.63) is 16.5 Å². The van der Waals surface area contributed by atoms with Gasteiger partial charge in [0.25, 0.3) is 0 Å². The molecule has 1 aromatic heterocycles. The number of halogens is 1. The van der Waals surface area contributed by atoms with E-state index in [1.54, 1.807) is 7.05 Å². The van der Waals surface area contributed by atoms with Crippen LogP contribution in [-0.4, -0.2) is 35.2 Å². The van der Waals surface area contributed by atoms with Crippen molar-refractivity contribution in [3.63, 3.8) is 0 Å². The van der Waals surface area contributed by atoms with Gasteiger partial charge in [0, 0.05) is 19.2 Å². The molecular weight excluding hydrogens is 348 g/mol. The van der Waals surface area contributed by atoms with Gasteiger partial charge in [-0.05, 0) is 28.9 Å². The average molecular weight is 369 g/mol. The fraction of sp³-hybridized carbons (Fsp3) is 0.667. The molecule has 2 N–H and O–H groups in total. The Morgan fingerprint density at radius 1 is 1.45 bits per heavy atom. The molecular formula is C12H21BrN2O4S. The second-order valence-electron chi connectivity index (χ2n) is 4.75. The molecule has 8 heteroatoms. The molecule has 20 heavy (non-hydrogen) atoms. The van der Waals surface area contributed by atoms with Crippen LogP contribution in [0.5, 0.6) is 0 Å². The van der Waals surface area contributed by atoms with Crippen LogP contribution in [0.25, 0.3) is 0 Å². The fourth-order valence-electron chi connectivity index (χ4n) is 1.49. The van der Waals surface area contributed by atoms with Crippen LogP contribution in [-0.2, 0) is 21.3 Å². The van der Waals surface area contributed by atoms with Gasteiger partial charge in [0.2, 0.25) is 10.0 Å². The summed E-state index contributed by atoms with van der Waals surface area (Å²) in [5, 5.41) is 2.90. The second kappa shape index (κ2) is 8.14. The van der Waals surface area contributed by atoms with Crippen molar-refractivity contribution in [1.29, 1.82) is 0 Å². The molecule has 0 radical (unpaired) electrons. The minimum absolute atomic E-state index is 0.103. The normalized spacial score (nSPS) is 12.2.